The SMILES string of the molecule is CCC1NCCc2cc(CN3CCCCC3)ccc21. The molecule has 0 aromatic heterocycles. The summed E-state index contributed by atoms with van der Waals surface area (Å²) >= 11 is 0. The maximum absolute atomic E-state index is 3.62. The topological polar surface area (TPSA) is 15.3 Å². The zero-order valence-electron chi connectivity index (χ0n) is 12.1. The van der Waals surface area contributed by atoms with Crippen molar-refractivity contribution in [3.8, 4) is 0 Å². The van der Waals surface area contributed by atoms with Crippen LogP contribution in [0.5, 0.6) is 0 Å². The fourth-order valence-corrected chi connectivity index (χ4v) is 3.54. The zero-order chi connectivity index (χ0) is 13.1. The van der Waals surface area contributed by atoms with Crippen LogP contribution in [0, 0.1) is 0 Å². The molecule has 2 aliphatic rings. The largest absolute Gasteiger partial charge is 0.310 e. The van der Waals surface area contributed by atoms with Crippen LogP contribution >= 0.6 is 0 Å². The van der Waals surface area contributed by atoms with E-state index in [1.165, 1.54) is 56.3 Å². The molecule has 1 unspecified atom stereocenters. The molecule has 2 aliphatic heterocycles. The van der Waals surface area contributed by atoms with Crippen LogP contribution in [0.3, 0.4) is 0 Å². The second-order valence-corrected chi connectivity index (χ2v) is 6.03. The van der Waals surface area contributed by atoms with Gasteiger partial charge in [-0.2, -0.15) is 0 Å². The Morgan fingerprint density at radius 1 is 1.21 bits per heavy atom. The first-order valence-corrected chi connectivity index (χ1v) is 7.94. The third-order valence-corrected chi connectivity index (χ3v) is 4.63. The molecule has 2 nitrogen and oxygen atoms in total. The quantitative estimate of drug-likeness (QED) is 0.895. The molecule has 1 aromatic rings. The molecular formula is C17H26N2. The van der Waals surface area contributed by atoms with Gasteiger partial charge < -0.3 is 5.32 Å². The van der Waals surface area contributed by atoms with Gasteiger partial charge in [-0.05, 0) is 62.0 Å². The predicted octanol–water partition coefficient (Wildman–Crippen LogP) is 3.27. The molecule has 104 valence electrons. The summed E-state index contributed by atoms with van der Waals surface area (Å²) in [5, 5.41) is 3.62. The average Bonchev–Trinajstić information content (AvgIpc) is 2.47. The van der Waals surface area contributed by atoms with E-state index in [4.69, 9.17) is 0 Å². The van der Waals surface area contributed by atoms with Gasteiger partial charge in [-0.25, -0.2) is 0 Å². The van der Waals surface area contributed by atoms with Crippen LogP contribution in [-0.2, 0) is 13.0 Å². The average molecular weight is 258 g/mol. The highest BCUT2D eigenvalue weighted by atomic mass is 15.1. The lowest BCUT2D eigenvalue weighted by atomic mass is 9.91. The van der Waals surface area contributed by atoms with Crippen molar-refractivity contribution >= 4 is 0 Å². The summed E-state index contributed by atoms with van der Waals surface area (Å²) in [7, 11) is 0. The van der Waals surface area contributed by atoms with E-state index in [0.29, 0.717) is 6.04 Å². The molecule has 0 bridgehead atoms. The van der Waals surface area contributed by atoms with Gasteiger partial charge in [-0.15, -0.1) is 0 Å². The van der Waals surface area contributed by atoms with Crippen molar-refractivity contribution in [2.75, 3.05) is 19.6 Å². The maximum Gasteiger partial charge on any atom is 0.0320 e. The summed E-state index contributed by atoms with van der Waals surface area (Å²) < 4.78 is 0. The van der Waals surface area contributed by atoms with Crippen LogP contribution in [0.2, 0.25) is 0 Å². The van der Waals surface area contributed by atoms with Crippen molar-refractivity contribution in [3.63, 3.8) is 0 Å². The fourth-order valence-electron chi connectivity index (χ4n) is 3.54. The van der Waals surface area contributed by atoms with E-state index < -0.39 is 0 Å². The van der Waals surface area contributed by atoms with Crippen LogP contribution in [0.1, 0.15) is 55.3 Å². The fraction of sp³-hybridized carbons (Fsp3) is 0.647. The first-order chi connectivity index (χ1) is 9.36. The third kappa shape index (κ3) is 3.01. The summed E-state index contributed by atoms with van der Waals surface area (Å²) in [5.41, 5.74) is 4.63. The van der Waals surface area contributed by atoms with Crippen LogP contribution in [-0.4, -0.2) is 24.5 Å². The Hall–Kier alpha value is -0.860. The molecule has 0 aliphatic carbocycles. The van der Waals surface area contributed by atoms with Gasteiger partial charge in [0.15, 0.2) is 0 Å². The van der Waals surface area contributed by atoms with Crippen molar-refractivity contribution in [2.45, 2.75) is 51.6 Å². The van der Waals surface area contributed by atoms with Crippen molar-refractivity contribution in [1.82, 2.24) is 10.2 Å². The first kappa shape index (κ1) is 13.1. The number of benzene rings is 1. The molecule has 19 heavy (non-hydrogen) atoms. The summed E-state index contributed by atoms with van der Waals surface area (Å²) in [5.74, 6) is 0. The van der Waals surface area contributed by atoms with Gasteiger partial charge in [-0.3, -0.25) is 4.90 Å². The molecule has 3 rings (SSSR count). The predicted molar refractivity (Wildman–Crippen MR) is 80.3 cm³/mol. The minimum atomic E-state index is 0.577. The highest BCUT2D eigenvalue weighted by Gasteiger charge is 2.18. The smallest absolute Gasteiger partial charge is 0.0320 e. The third-order valence-electron chi connectivity index (χ3n) is 4.63. The Balaban J connectivity index is 1.73. The Morgan fingerprint density at radius 3 is 2.84 bits per heavy atom. The summed E-state index contributed by atoms with van der Waals surface area (Å²) in [6.07, 6.45) is 6.57. The van der Waals surface area contributed by atoms with Gasteiger partial charge in [0.2, 0.25) is 0 Å². The second-order valence-electron chi connectivity index (χ2n) is 6.03. The summed E-state index contributed by atoms with van der Waals surface area (Å²) in [6.45, 7) is 7.14. The molecule has 1 fully saturated rings. The molecule has 1 atom stereocenters. The molecule has 0 spiro atoms. The molecule has 2 heteroatoms. The van der Waals surface area contributed by atoms with E-state index in [2.05, 4.69) is 35.3 Å². The van der Waals surface area contributed by atoms with Gasteiger partial charge >= 0.3 is 0 Å². The molecular weight excluding hydrogens is 232 g/mol. The van der Waals surface area contributed by atoms with E-state index in [-0.39, 0.29) is 0 Å². The van der Waals surface area contributed by atoms with E-state index in [1.54, 1.807) is 5.56 Å². The zero-order valence-corrected chi connectivity index (χ0v) is 12.1. The van der Waals surface area contributed by atoms with E-state index >= 15 is 0 Å². The number of nitrogens with one attached hydrogen (secondary N) is 1. The Kier molecular flexibility index (Phi) is 4.19. The van der Waals surface area contributed by atoms with Crippen LogP contribution in [0.4, 0.5) is 0 Å². The Morgan fingerprint density at radius 2 is 2.05 bits per heavy atom. The van der Waals surface area contributed by atoms with Crippen LogP contribution in [0.15, 0.2) is 18.2 Å². The lowest BCUT2D eigenvalue weighted by Gasteiger charge is -2.29. The number of hydrogen-bond donors (Lipinski definition) is 1. The van der Waals surface area contributed by atoms with Gasteiger partial charge in [0, 0.05) is 12.6 Å². The summed E-state index contributed by atoms with van der Waals surface area (Å²) in [6, 6.07) is 7.76. The second kappa shape index (κ2) is 6.06. The normalized spacial score (nSPS) is 24.2. The number of piperidine rings is 1. The van der Waals surface area contributed by atoms with Gasteiger partial charge in [0.25, 0.3) is 0 Å². The number of fused-ring (bicyclic) bond motifs is 1. The highest BCUT2D eigenvalue weighted by molar-refractivity contribution is 5.36. The molecule has 1 N–H and O–H groups in total. The van der Waals surface area contributed by atoms with E-state index in [0.717, 1.165) is 13.1 Å². The monoisotopic (exact) mass is 258 g/mol. The highest BCUT2D eigenvalue weighted by Crippen LogP contribution is 2.26. The number of likely N-dealkylation sites (tertiary alicyclic amines) is 1. The van der Waals surface area contributed by atoms with Crippen molar-refractivity contribution in [3.05, 3.63) is 34.9 Å². The van der Waals surface area contributed by atoms with Gasteiger partial charge in [0.05, 0.1) is 0 Å². The molecule has 1 saturated heterocycles. The standard InChI is InChI=1S/C17H26N2/c1-2-17-16-7-6-14(12-15(16)8-9-18-17)13-19-10-4-3-5-11-19/h6-7,12,17-18H,2-5,8-11,13H2,1H3. The van der Waals surface area contributed by atoms with Gasteiger partial charge in [0.1, 0.15) is 0 Å². The van der Waals surface area contributed by atoms with Crippen molar-refractivity contribution < 1.29 is 0 Å². The van der Waals surface area contributed by atoms with Crippen LogP contribution < -0.4 is 5.32 Å². The lowest BCUT2D eigenvalue weighted by Crippen LogP contribution is -2.31. The molecule has 0 radical (unpaired) electrons. The molecule has 0 amide bonds. The summed E-state index contributed by atoms with van der Waals surface area (Å²) in [4.78, 5) is 2.61. The molecule has 2 heterocycles. The van der Waals surface area contributed by atoms with Crippen molar-refractivity contribution in [1.29, 1.82) is 0 Å². The number of hydrogen-bond acceptors (Lipinski definition) is 2. The Labute approximate surface area is 117 Å². The maximum atomic E-state index is 3.62. The van der Waals surface area contributed by atoms with E-state index in [9.17, 15) is 0 Å². The first-order valence-electron chi connectivity index (χ1n) is 7.94. The number of rotatable bonds is 3. The van der Waals surface area contributed by atoms with E-state index in [1.807, 2.05) is 0 Å². The number of nitrogens with zero attached hydrogens (tertiary/aromatic N) is 1. The Bertz CT molecular complexity index is 421. The van der Waals surface area contributed by atoms with Crippen LogP contribution in [0.25, 0.3) is 0 Å². The van der Waals surface area contributed by atoms with Crippen molar-refractivity contribution in [2.24, 2.45) is 0 Å². The lowest BCUT2D eigenvalue weighted by molar-refractivity contribution is 0.221. The molecule has 0 saturated carbocycles. The van der Waals surface area contributed by atoms with Gasteiger partial charge in [-0.1, -0.05) is 31.5 Å². The minimum absolute atomic E-state index is 0.577. The minimum Gasteiger partial charge on any atom is -0.310 e. The molecule has 1 aromatic carbocycles.